The molecular formula is C15H15ClN2O8. The van der Waals surface area contributed by atoms with Crippen molar-refractivity contribution in [2.24, 2.45) is 0 Å². The third kappa shape index (κ3) is 3.55. The largest absolute Gasteiger partial charge is 0.494 e. The normalized spacial score (nSPS) is 14.1. The molecule has 26 heavy (non-hydrogen) atoms. The van der Waals surface area contributed by atoms with Crippen molar-refractivity contribution in [3.05, 3.63) is 38.5 Å². The molecule has 1 aromatic carbocycles. The van der Waals surface area contributed by atoms with Crippen LogP contribution in [0.15, 0.2) is 23.4 Å². The van der Waals surface area contributed by atoms with E-state index in [4.69, 9.17) is 25.8 Å². The SMILES string of the molecule is COC(=O)C1=C(C(=O)OC)N(c2cc(Cl)c([N+](=O)[O-])cc2OC)COC1. The van der Waals surface area contributed by atoms with Crippen molar-refractivity contribution < 1.29 is 33.5 Å². The van der Waals surface area contributed by atoms with E-state index < -0.39 is 16.9 Å². The molecule has 0 radical (unpaired) electrons. The van der Waals surface area contributed by atoms with Gasteiger partial charge in [0, 0.05) is 0 Å². The number of nitro groups is 1. The Labute approximate surface area is 153 Å². The van der Waals surface area contributed by atoms with E-state index in [9.17, 15) is 19.7 Å². The second-order valence-corrected chi connectivity index (χ2v) is 5.36. The van der Waals surface area contributed by atoms with Crippen LogP contribution in [-0.4, -0.2) is 51.5 Å². The Bertz CT molecular complexity index is 792. The van der Waals surface area contributed by atoms with Crippen molar-refractivity contribution >= 4 is 34.9 Å². The molecule has 1 aliphatic heterocycles. The molecule has 0 aromatic heterocycles. The predicted molar refractivity (Wildman–Crippen MR) is 89.0 cm³/mol. The molecule has 0 amide bonds. The van der Waals surface area contributed by atoms with Gasteiger partial charge in [0.25, 0.3) is 5.69 Å². The van der Waals surface area contributed by atoms with E-state index in [-0.39, 0.29) is 46.8 Å². The van der Waals surface area contributed by atoms with Crippen molar-refractivity contribution in [1.82, 2.24) is 0 Å². The molecule has 1 aliphatic rings. The van der Waals surface area contributed by atoms with Gasteiger partial charge in [0.15, 0.2) is 0 Å². The second kappa shape index (κ2) is 8.02. The molecular weight excluding hydrogens is 372 g/mol. The molecule has 0 atom stereocenters. The lowest BCUT2D eigenvalue weighted by molar-refractivity contribution is -0.384. The first-order valence-electron chi connectivity index (χ1n) is 7.12. The highest BCUT2D eigenvalue weighted by molar-refractivity contribution is 6.33. The third-order valence-electron chi connectivity index (χ3n) is 3.57. The molecule has 0 spiro atoms. The van der Waals surface area contributed by atoms with E-state index in [0.717, 1.165) is 20.3 Å². The Kier molecular flexibility index (Phi) is 6.01. The number of nitrogens with zero attached hydrogens (tertiary/aromatic N) is 2. The smallest absolute Gasteiger partial charge is 0.355 e. The highest BCUT2D eigenvalue weighted by Crippen LogP contribution is 2.40. The third-order valence-corrected chi connectivity index (χ3v) is 3.87. The summed E-state index contributed by atoms with van der Waals surface area (Å²) >= 11 is 5.97. The van der Waals surface area contributed by atoms with Crippen LogP contribution in [0.2, 0.25) is 5.02 Å². The highest BCUT2D eigenvalue weighted by Gasteiger charge is 2.34. The van der Waals surface area contributed by atoms with Crippen LogP contribution >= 0.6 is 11.6 Å². The average molecular weight is 387 g/mol. The fourth-order valence-electron chi connectivity index (χ4n) is 2.38. The first-order chi connectivity index (χ1) is 12.3. The molecule has 2 rings (SSSR count). The Morgan fingerprint density at radius 2 is 1.88 bits per heavy atom. The second-order valence-electron chi connectivity index (χ2n) is 4.95. The van der Waals surface area contributed by atoms with Crippen LogP contribution in [0.4, 0.5) is 11.4 Å². The number of esters is 2. The fraction of sp³-hybridized carbons (Fsp3) is 0.333. The maximum absolute atomic E-state index is 12.3. The summed E-state index contributed by atoms with van der Waals surface area (Å²) in [6.07, 6.45) is 0. The monoisotopic (exact) mass is 386 g/mol. The Morgan fingerprint density at radius 1 is 1.23 bits per heavy atom. The lowest BCUT2D eigenvalue weighted by Gasteiger charge is -2.32. The van der Waals surface area contributed by atoms with E-state index in [0.29, 0.717) is 0 Å². The number of carbonyl (C=O) groups excluding carboxylic acids is 2. The molecule has 10 nitrogen and oxygen atoms in total. The van der Waals surface area contributed by atoms with Gasteiger partial charge in [-0.3, -0.25) is 10.1 Å². The number of benzene rings is 1. The summed E-state index contributed by atoms with van der Waals surface area (Å²) in [5.74, 6) is -1.54. The van der Waals surface area contributed by atoms with Gasteiger partial charge >= 0.3 is 11.9 Å². The van der Waals surface area contributed by atoms with Gasteiger partial charge in [-0.15, -0.1) is 0 Å². The van der Waals surface area contributed by atoms with Gasteiger partial charge in [-0.25, -0.2) is 9.59 Å². The number of ether oxygens (including phenoxy) is 4. The van der Waals surface area contributed by atoms with E-state index in [1.165, 1.54) is 18.1 Å². The number of anilines is 1. The maximum Gasteiger partial charge on any atom is 0.355 e. The van der Waals surface area contributed by atoms with Crippen LogP contribution in [0, 0.1) is 10.1 Å². The minimum atomic E-state index is -0.815. The van der Waals surface area contributed by atoms with Crippen LogP contribution in [0.5, 0.6) is 5.75 Å². The quantitative estimate of drug-likeness (QED) is 0.422. The average Bonchev–Trinajstić information content (AvgIpc) is 2.65. The molecule has 0 aliphatic carbocycles. The van der Waals surface area contributed by atoms with Gasteiger partial charge in [-0.1, -0.05) is 11.6 Å². The Morgan fingerprint density at radius 3 is 2.42 bits per heavy atom. The number of nitro benzene ring substituents is 1. The summed E-state index contributed by atoms with van der Waals surface area (Å²) in [6.45, 7) is -0.313. The highest BCUT2D eigenvalue weighted by atomic mass is 35.5. The van der Waals surface area contributed by atoms with Gasteiger partial charge < -0.3 is 23.8 Å². The van der Waals surface area contributed by atoms with E-state index in [1.54, 1.807) is 0 Å². The lowest BCUT2D eigenvalue weighted by atomic mass is 10.1. The molecule has 140 valence electrons. The summed E-state index contributed by atoms with van der Waals surface area (Å²) in [6, 6.07) is 2.35. The zero-order valence-corrected chi connectivity index (χ0v) is 14.9. The van der Waals surface area contributed by atoms with Gasteiger partial charge in [-0.05, 0) is 6.07 Å². The van der Waals surface area contributed by atoms with E-state index in [2.05, 4.69) is 4.74 Å². The summed E-state index contributed by atoms with van der Waals surface area (Å²) in [7, 11) is 3.61. The molecule has 0 bridgehead atoms. The topological polar surface area (TPSA) is 117 Å². The molecule has 0 unspecified atom stereocenters. The molecule has 0 saturated carbocycles. The Balaban J connectivity index is 2.68. The molecule has 0 fully saturated rings. The first kappa shape index (κ1) is 19.5. The molecule has 11 heteroatoms. The van der Waals surface area contributed by atoms with Crippen molar-refractivity contribution in [3.63, 3.8) is 0 Å². The zero-order valence-electron chi connectivity index (χ0n) is 14.1. The van der Waals surface area contributed by atoms with Crippen LogP contribution in [0.3, 0.4) is 0 Å². The number of halogens is 1. The van der Waals surface area contributed by atoms with Crippen molar-refractivity contribution in [3.8, 4) is 5.75 Å². The lowest BCUT2D eigenvalue weighted by Crippen LogP contribution is -2.39. The van der Waals surface area contributed by atoms with E-state index >= 15 is 0 Å². The van der Waals surface area contributed by atoms with Gasteiger partial charge in [-0.2, -0.15) is 0 Å². The minimum Gasteiger partial charge on any atom is -0.494 e. The van der Waals surface area contributed by atoms with Crippen LogP contribution in [0.25, 0.3) is 0 Å². The fourth-order valence-corrected chi connectivity index (χ4v) is 2.61. The summed E-state index contributed by atoms with van der Waals surface area (Å²) in [5.41, 5.74) is -0.387. The van der Waals surface area contributed by atoms with Crippen molar-refractivity contribution in [2.45, 2.75) is 0 Å². The predicted octanol–water partition coefficient (Wildman–Crippen LogP) is 1.65. The molecule has 1 aromatic rings. The summed E-state index contributed by atoms with van der Waals surface area (Å²) in [4.78, 5) is 35.9. The molecule has 0 N–H and O–H groups in total. The summed E-state index contributed by atoms with van der Waals surface area (Å²) in [5, 5.41) is 10.9. The number of methoxy groups -OCH3 is 3. The number of hydrogen-bond donors (Lipinski definition) is 0. The minimum absolute atomic E-state index is 0.0530. The number of rotatable bonds is 5. The standard InChI is InChI=1S/C15H15ClN2O8/c1-23-12-5-10(18(21)22)9(16)4-11(12)17-7-26-6-8(14(19)24-2)13(17)15(20)25-3/h4-5H,6-7H2,1-3H3. The zero-order chi connectivity index (χ0) is 19.4. The summed E-state index contributed by atoms with van der Waals surface area (Å²) < 4.78 is 19.9. The van der Waals surface area contributed by atoms with Gasteiger partial charge in [0.05, 0.1) is 50.2 Å². The first-order valence-corrected chi connectivity index (χ1v) is 7.50. The van der Waals surface area contributed by atoms with Crippen molar-refractivity contribution in [2.75, 3.05) is 39.6 Å². The molecule has 0 saturated heterocycles. The Hall–Kier alpha value is -2.85. The van der Waals surface area contributed by atoms with Crippen molar-refractivity contribution in [1.29, 1.82) is 0 Å². The number of carbonyl (C=O) groups is 2. The van der Waals surface area contributed by atoms with Gasteiger partial charge in [0.2, 0.25) is 0 Å². The van der Waals surface area contributed by atoms with Crippen LogP contribution in [-0.2, 0) is 23.8 Å². The van der Waals surface area contributed by atoms with Gasteiger partial charge in [0.1, 0.15) is 23.2 Å². The number of hydrogen-bond acceptors (Lipinski definition) is 9. The molecule has 1 heterocycles. The van der Waals surface area contributed by atoms with Crippen LogP contribution < -0.4 is 9.64 Å². The van der Waals surface area contributed by atoms with E-state index in [1.807, 2.05) is 0 Å². The maximum atomic E-state index is 12.3. The van der Waals surface area contributed by atoms with Crippen LogP contribution in [0.1, 0.15) is 0 Å².